The Morgan fingerprint density at radius 2 is 2.04 bits per heavy atom. The predicted molar refractivity (Wildman–Crippen MR) is 108 cm³/mol. The molecule has 7 nitrogen and oxygen atoms in total. The molecule has 0 atom stereocenters. The van der Waals surface area contributed by atoms with Gasteiger partial charge in [-0.3, -0.25) is 9.59 Å². The average Bonchev–Trinajstić information content (AvgIpc) is 3.44. The molecule has 1 amide bonds. The van der Waals surface area contributed by atoms with Crippen LogP contribution in [0.15, 0.2) is 56.5 Å². The Labute approximate surface area is 168 Å². The van der Waals surface area contributed by atoms with Crippen LogP contribution in [-0.2, 0) is 17.9 Å². The van der Waals surface area contributed by atoms with Crippen LogP contribution in [0.2, 0.25) is 0 Å². The number of amides is 1. The van der Waals surface area contributed by atoms with Gasteiger partial charge in [0.05, 0.1) is 22.7 Å². The standard InChI is InChI=1S/C19H16N4O3S2/c1-12-8-15(26-22-12)14-9-18(25)23(21-19(14)16-5-3-7-28-16)11-17(24)20-10-13-4-2-6-27-13/h2-9H,10-11H2,1H3,(H,20,24). The summed E-state index contributed by atoms with van der Waals surface area (Å²) in [5, 5.41) is 15.0. The Hall–Kier alpha value is -3.04. The van der Waals surface area contributed by atoms with Gasteiger partial charge in [0.1, 0.15) is 12.2 Å². The second-order valence-corrected chi connectivity index (χ2v) is 8.05. The van der Waals surface area contributed by atoms with Crippen LogP contribution in [0.5, 0.6) is 0 Å². The molecule has 0 aliphatic heterocycles. The summed E-state index contributed by atoms with van der Waals surface area (Å²) < 4.78 is 6.51. The predicted octanol–water partition coefficient (Wildman–Crippen LogP) is 3.31. The van der Waals surface area contributed by atoms with E-state index in [1.165, 1.54) is 22.1 Å². The van der Waals surface area contributed by atoms with Gasteiger partial charge in [-0.2, -0.15) is 5.10 Å². The first kappa shape index (κ1) is 18.3. The normalized spacial score (nSPS) is 10.9. The Morgan fingerprint density at radius 1 is 1.21 bits per heavy atom. The lowest BCUT2D eigenvalue weighted by Gasteiger charge is -2.10. The van der Waals surface area contributed by atoms with Gasteiger partial charge in [0.15, 0.2) is 5.76 Å². The molecule has 0 aliphatic carbocycles. The summed E-state index contributed by atoms with van der Waals surface area (Å²) in [6.07, 6.45) is 0. The van der Waals surface area contributed by atoms with Crippen LogP contribution < -0.4 is 10.9 Å². The molecule has 0 fully saturated rings. The Bertz CT molecular complexity index is 1140. The van der Waals surface area contributed by atoms with Crippen LogP contribution in [0.1, 0.15) is 10.6 Å². The van der Waals surface area contributed by atoms with Gasteiger partial charge in [0, 0.05) is 17.0 Å². The maximum Gasteiger partial charge on any atom is 0.268 e. The monoisotopic (exact) mass is 412 g/mol. The summed E-state index contributed by atoms with van der Waals surface area (Å²) in [4.78, 5) is 26.8. The average molecular weight is 412 g/mol. The van der Waals surface area contributed by atoms with Gasteiger partial charge in [-0.25, -0.2) is 4.68 Å². The highest BCUT2D eigenvalue weighted by atomic mass is 32.1. The molecule has 0 saturated heterocycles. The van der Waals surface area contributed by atoms with Crippen LogP contribution in [0.25, 0.3) is 21.9 Å². The molecule has 0 spiro atoms. The molecule has 9 heteroatoms. The van der Waals surface area contributed by atoms with Crippen molar-refractivity contribution in [3.05, 3.63) is 68.1 Å². The number of carbonyl (C=O) groups excluding carboxylic acids is 1. The van der Waals surface area contributed by atoms with Crippen molar-refractivity contribution in [1.82, 2.24) is 20.3 Å². The summed E-state index contributed by atoms with van der Waals surface area (Å²) in [6.45, 7) is 2.08. The van der Waals surface area contributed by atoms with Crippen molar-refractivity contribution in [2.24, 2.45) is 0 Å². The summed E-state index contributed by atoms with van der Waals surface area (Å²) in [6, 6.07) is 10.9. The van der Waals surface area contributed by atoms with Crippen molar-refractivity contribution < 1.29 is 9.32 Å². The van der Waals surface area contributed by atoms with Gasteiger partial charge < -0.3 is 9.84 Å². The highest BCUT2D eigenvalue weighted by molar-refractivity contribution is 7.13. The van der Waals surface area contributed by atoms with Gasteiger partial charge in [-0.1, -0.05) is 17.3 Å². The fraction of sp³-hybridized carbons (Fsp3) is 0.158. The van der Waals surface area contributed by atoms with E-state index in [-0.39, 0.29) is 18.0 Å². The zero-order valence-electron chi connectivity index (χ0n) is 14.9. The van der Waals surface area contributed by atoms with Crippen molar-refractivity contribution in [2.75, 3.05) is 0 Å². The first-order chi connectivity index (χ1) is 13.6. The molecule has 0 bridgehead atoms. The molecular weight excluding hydrogens is 396 g/mol. The number of thiophene rings is 2. The molecule has 142 valence electrons. The topological polar surface area (TPSA) is 90.0 Å². The molecule has 4 aromatic rings. The van der Waals surface area contributed by atoms with E-state index in [4.69, 9.17) is 4.52 Å². The minimum atomic E-state index is -0.379. The lowest BCUT2D eigenvalue weighted by Crippen LogP contribution is -2.33. The number of rotatable bonds is 6. The van der Waals surface area contributed by atoms with Gasteiger partial charge in [0.2, 0.25) is 5.91 Å². The molecule has 0 saturated carbocycles. The maximum absolute atomic E-state index is 12.6. The smallest absolute Gasteiger partial charge is 0.268 e. The van der Waals surface area contributed by atoms with Crippen molar-refractivity contribution in [3.8, 4) is 21.9 Å². The van der Waals surface area contributed by atoms with Gasteiger partial charge in [-0.15, -0.1) is 22.7 Å². The number of hydrogen-bond acceptors (Lipinski definition) is 7. The molecule has 4 rings (SSSR count). The van der Waals surface area contributed by atoms with Crippen LogP contribution >= 0.6 is 22.7 Å². The zero-order chi connectivity index (χ0) is 19.5. The molecule has 0 unspecified atom stereocenters. The third-order valence-corrected chi connectivity index (χ3v) is 5.73. The maximum atomic E-state index is 12.6. The number of hydrogen-bond donors (Lipinski definition) is 1. The van der Waals surface area contributed by atoms with E-state index in [1.54, 1.807) is 17.4 Å². The first-order valence-corrected chi connectivity index (χ1v) is 10.2. The lowest BCUT2D eigenvalue weighted by molar-refractivity contribution is -0.122. The number of aryl methyl sites for hydroxylation is 1. The summed E-state index contributed by atoms with van der Waals surface area (Å²) in [7, 11) is 0. The fourth-order valence-corrected chi connectivity index (χ4v) is 4.04. The summed E-state index contributed by atoms with van der Waals surface area (Å²) >= 11 is 3.06. The van der Waals surface area contributed by atoms with Crippen molar-refractivity contribution in [2.45, 2.75) is 20.0 Å². The third-order valence-electron chi connectivity index (χ3n) is 3.98. The number of aromatic nitrogens is 3. The van der Waals surface area contributed by atoms with Crippen molar-refractivity contribution in [1.29, 1.82) is 0 Å². The molecule has 28 heavy (non-hydrogen) atoms. The molecule has 4 aromatic heterocycles. The van der Waals surface area contributed by atoms with Gasteiger partial charge in [-0.05, 0) is 29.8 Å². The minimum absolute atomic E-state index is 0.154. The highest BCUT2D eigenvalue weighted by Crippen LogP contribution is 2.32. The second-order valence-electron chi connectivity index (χ2n) is 6.07. The minimum Gasteiger partial charge on any atom is -0.356 e. The van der Waals surface area contributed by atoms with E-state index in [1.807, 2.05) is 41.9 Å². The number of carbonyl (C=O) groups is 1. The largest absolute Gasteiger partial charge is 0.356 e. The van der Waals surface area contributed by atoms with E-state index >= 15 is 0 Å². The Balaban J connectivity index is 1.64. The second kappa shape index (κ2) is 7.91. The van der Waals surface area contributed by atoms with E-state index in [2.05, 4.69) is 15.6 Å². The molecule has 0 aromatic carbocycles. The number of nitrogens with zero attached hydrogens (tertiary/aromatic N) is 3. The molecule has 4 heterocycles. The van der Waals surface area contributed by atoms with E-state index in [0.717, 1.165) is 9.75 Å². The fourth-order valence-electron chi connectivity index (χ4n) is 2.67. The Kier molecular flexibility index (Phi) is 5.18. The highest BCUT2D eigenvalue weighted by Gasteiger charge is 2.18. The van der Waals surface area contributed by atoms with Crippen molar-refractivity contribution >= 4 is 28.6 Å². The van der Waals surface area contributed by atoms with Crippen LogP contribution in [0.3, 0.4) is 0 Å². The van der Waals surface area contributed by atoms with Crippen LogP contribution in [0, 0.1) is 6.92 Å². The number of nitrogens with one attached hydrogen (secondary N) is 1. The quantitative estimate of drug-likeness (QED) is 0.525. The van der Waals surface area contributed by atoms with E-state index in [0.29, 0.717) is 29.3 Å². The molecule has 0 aliphatic rings. The third kappa shape index (κ3) is 3.95. The van der Waals surface area contributed by atoms with Gasteiger partial charge in [0.25, 0.3) is 5.56 Å². The molecule has 0 radical (unpaired) electrons. The SMILES string of the molecule is Cc1cc(-c2cc(=O)n(CC(=O)NCc3cccs3)nc2-c2cccs2)on1. The van der Waals surface area contributed by atoms with E-state index < -0.39 is 0 Å². The van der Waals surface area contributed by atoms with Gasteiger partial charge >= 0.3 is 0 Å². The molecule has 1 N–H and O–H groups in total. The lowest BCUT2D eigenvalue weighted by atomic mass is 10.1. The molecular formula is C19H16N4O3S2. The van der Waals surface area contributed by atoms with Crippen molar-refractivity contribution in [3.63, 3.8) is 0 Å². The van der Waals surface area contributed by atoms with Crippen LogP contribution in [-0.4, -0.2) is 20.8 Å². The van der Waals surface area contributed by atoms with E-state index in [9.17, 15) is 9.59 Å². The first-order valence-electron chi connectivity index (χ1n) is 8.49. The summed E-state index contributed by atoms with van der Waals surface area (Å²) in [5.41, 5.74) is 1.47. The summed E-state index contributed by atoms with van der Waals surface area (Å²) in [5.74, 6) is 0.197. The van der Waals surface area contributed by atoms with Crippen LogP contribution in [0.4, 0.5) is 0 Å². The zero-order valence-corrected chi connectivity index (χ0v) is 16.5. The Morgan fingerprint density at radius 3 is 2.71 bits per heavy atom.